The zero-order valence-electron chi connectivity index (χ0n) is 21.4. The number of hydrogen-bond donors (Lipinski definition) is 2. The Morgan fingerprint density at radius 2 is 2.06 bits per heavy atom. The molecule has 1 aromatic carbocycles. The number of amides is 1. The molecule has 3 heterocycles. The molecular weight excluding hydrogens is 474 g/mol. The van der Waals surface area contributed by atoms with Crippen molar-refractivity contribution < 1.29 is 9.53 Å². The molecular formula is C28H34ClN5O2. The molecule has 1 amide bonds. The number of rotatable bonds is 6. The van der Waals surface area contributed by atoms with Crippen LogP contribution in [0.5, 0.6) is 5.75 Å². The summed E-state index contributed by atoms with van der Waals surface area (Å²) in [5.74, 6) is 0.934. The first kappa shape index (κ1) is 24.8. The molecule has 0 radical (unpaired) electrons. The van der Waals surface area contributed by atoms with Crippen molar-refractivity contribution in [2.45, 2.75) is 58.0 Å². The van der Waals surface area contributed by atoms with Crippen molar-refractivity contribution in [1.82, 2.24) is 20.6 Å². The Morgan fingerprint density at radius 1 is 1.25 bits per heavy atom. The summed E-state index contributed by atoms with van der Waals surface area (Å²) in [6.45, 7) is 8.77. The Bertz CT molecular complexity index is 1290. The number of nitrogens with one attached hydrogen (secondary N) is 2. The number of halogens is 1. The van der Waals surface area contributed by atoms with Gasteiger partial charge in [0, 0.05) is 48.9 Å². The van der Waals surface area contributed by atoms with E-state index < -0.39 is 0 Å². The van der Waals surface area contributed by atoms with Crippen LogP contribution in [0.25, 0.3) is 10.9 Å². The number of pyridine rings is 2. The fraction of sp³-hybridized carbons (Fsp3) is 0.464. The van der Waals surface area contributed by atoms with Crippen LogP contribution < -0.4 is 20.3 Å². The van der Waals surface area contributed by atoms with E-state index in [1.54, 1.807) is 13.3 Å². The van der Waals surface area contributed by atoms with Crippen molar-refractivity contribution >= 4 is 34.1 Å². The van der Waals surface area contributed by atoms with Crippen LogP contribution in [0.4, 0.5) is 5.69 Å². The van der Waals surface area contributed by atoms with Gasteiger partial charge in [-0.25, -0.2) is 0 Å². The molecule has 1 aliphatic carbocycles. The first-order chi connectivity index (χ1) is 17.4. The number of methoxy groups -OCH3 is 1. The molecule has 36 heavy (non-hydrogen) atoms. The number of fused-ring (bicyclic) bond motifs is 1. The lowest BCUT2D eigenvalue weighted by Crippen LogP contribution is -2.33. The lowest BCUT2D eigenvalue weighted by molar-refractivity contribution is 0.0940. The Morgan fingerprint density at radius 3 is 2.78 bits per heavy atom. The molecule has 2 aromatic heterocycles. The van der Waals surface area contributed by atoms with E-state index in [9.17, 15) is 4.79 Å². The van der Waals surface area contributed by atoms with Gasteiger partial charge in [0.2, 0.25) is 0 Å². The van der Waals surface area contributed by atoms with Gasteiger partial charge in [0.1, 0.15) is 5.75 Å². The molecule has 3 aromatic rings. The summed E-state index contributed by atoms with van der Waals surface area (Å²) in [4.78, 5) is 25.8. The highest BCUT2D eigenvalue weighted by Gasteiger charge is 2.31. The minimum Gasteiger partial charge on any atom is -0.495 e. The van der Waals surface area contributed by atoms with Crippen molar-refractivity contribution in [3.8, 4) is 5.75 Å². The van der Waals surface area contributed by atoms with Crippen LogP contribution in [0.1, 0.15) is 72.4 Å². The molecule has 2 N–H and O–H groups in total. The van der Waals surface area contributed by atoms with Gasteiger partial charge in [-0.3, -0.25) is 14.8 Å². The summed E-state index contributed by atoms with van der Waals surface area (Å²) in [6, 6.07) is 7.87. The van der Waals surface area contributed by atoms with Gasteiger partial charge in [0.15, 0.2) is 0 Å². The van der Waals surface area contributed by atoms with E-state index in [0.29, 0.717) is 28.3 Å². The van der Waals surface area contributed by atoms with Crippen LogP contribution in [0.2, 0.25) is 5.02 Å². The molecule has 0 spiro atoms. The maximum Gasteiger partial charge on any atom is 0.255 e. The van der Waals surface area contributed by atoms with Gasteiger partial charge in [-0.15, -0.1) is 0 Å². The molecule has 5 rings (SSSR count). The molecule has 2 fully saturated rings. The highest BCUT2D eigenvalue weighted by Crippen LogP contribution is 2.43. The van der Waals surface area contributed by atoms with E-state index in [0.717, 1.165) is 72.4 Å². The van der Waals surface area contributed by atoms with Crippen LogP contribution in [0.3, 0.4) is 0 Å². The van der Waals surface area contributed by atoms with Crippen LogP contribution in [-0.4, -0.2) is 48.7 Å². The third-order valence-corrected chi connectivity index (χ3v) is 7.53. The number of ether oxygens (including phenoxy) is 1. The maximum absolute atomic E-state index is 13.7. The van der Waals surface area contributed by atoms with E-state index in [-0.39, 0.29) is 11.9 Å². The molecule has 0 unspecified atom stereocenters. The van der Waals surface area contributed by atoms with Gasteiger partial charge in [0.05, 0.1) is 40.6 Å². The first-order valence-electron chi connectivity index (χ1n) is 12.8. The van der Waals surface area contributed by atoms with Crippen molar-refractivity contribution in [2.24, 2.45) is 0 Å². The Kier molecular flexibility index (Phi) is 7.04. The third-order valence-electron chi connectivity index (χ3n) is 7.24. The van der Waals surface area contributed by atoms with Gasteiger partial charge in [-0.05, 0) is 63.8 Å². The summed E-state index contributed by atoms with van der Waals surface area (Å²) in [5, 5.41) is 8.28. The number of benzene rings is 1. The summed E-state index contributed by atoms with van der Waals surface area (Å²) < 4.78 is 5.27. The minimum atomic E-state index is -0.239. The largest absolute Gasteiger partial charge is 0.495 e. The average molecular weight is 508 g/mol. The highest BCUT2D eigenvalue weighted by atomic mass is 35.5. The molecule has 190 valence electrons. The second-order valence-electron chi connectivity index (χ2n) is 10.1. The van der Waals surface area contributed by atoms with Gasteiger partial charge in [0.25, 0.3) is 5.91 Å². The number of carbonyl (C=O) groups excluding carboxylic acids is 1. The molecule has 1 saturated heterocycles. The van der Waals surface area contributed by atoms with Gasteiger partial charge in [-0.1, -0.05) is 17.7 Å². The fourth-order valence-corrected chi connectivity index (χ4v) is 5.30. The van der Waals surface area contributed by atoms with E-state index >= 15 is 0 Å². The Labute approximate surface area is 217 Å². The highest BCUT2D eigenvalue weighted by molar-refractivity contribution is 6.32. The predicted octanol–water partition coefficient (Wildman–Crippen LogP) is 5.16. The quantitative estimate of drug-likeness (QED) is 0.480. The Hall–Kier alpha value is -2.90. The Balaban J connectivity index is 1.55. The SMILES string of the molecule is COc1ccc([C@H](C)NC(=O)c2cnc3c(C4CC4)nc(C)cc3c2N2CCN[C@@H](C)CC2)cc1Cl. The molecule has 0 bridgehead atoms. The summed E-state index contributed by atoms with van der Waals surface area (Å²) >= 11 is 6.34. The zero-order valence-corrected chi connectivity index (χ0v) is 22.2. The summed E-state index contributed by atoms with van der Waals surface area (Å²) in [6.07, 6.45) is 5.05. The number of anilines is 1. The lowest BCUT2D eigenvalue weighted by atomic mass is 10.0. The number of aryl methyl sites for hydroxylation is 1. The summed E-state index contributed by atoms with van der Waals surface area (Å²) in [5.41, 5.74) is 5.42. The second kappa shape index (κ2) is 10.2. The second-order valence-corrected chi connectivity index (χ2v) is 10.5. The van der Waals surface area contributed by atoms with Crippen LogP contribution in [0.15, 0.2) is 30.5 Å². The van der Waals surface area contributed by atoms with E-state index in [4.69, 9.17) is 26.3 Å². The minimum absolute atomic E-state index is 0.147. The van der Waals surface area contributed by atoms with Crippen LogP contribution >= 0.6 is 11.6 Å². The molecule has 2 aliphatic rings. The molecule has 1 aliphatic heterocycles. The van der Waals surface area contributed by atoms with E-state index in [2.05, 4.69) is 28.5 Å². The maximum atomic E-state index is 13.7. The monoisotopic (exact) mass is 507 g/mol. The van der Waals surface area contributed by atoms with Crippen LogP contribution in [-0.2, 0) is 0 Å². The molecule has 2 atom stereocenters. The van der Waals surface area contributed by atoms with Gasteiger partial charge >= 0.3 is 0 Å². The smallest absolute Gasteiger partial charge is 0.255 e. The molecule has 7 nitrogen and oxygen atoms in total. The van der Waals surface area contributed by atoms with Crippen molar-refractivity contribution in [1.29, 1.82) is 0 Å². The van der Waals surface area contributed by atoms with Crippen molar-refractivity contribution in [3.05, 3.63) is 58.0 Å². The normalized spacial score (nSPS) is 19.1. The van der Waals surface area contributed by atoms with Gasteiger partial charge < -0.3 is 20.3 Å². The third kappa shape index (κ3) is 5.00. The van der Waals surface area contributed by atoms with Gasteiger partial charge in [-0.2, -0.15) is 0 Å². The topological polar surface area (TPSA) is 79.4 Å². The van der Waals surface area contributed by atoms with E-state index in [1.807, 2.05) is 32.0 Å². The number of nitrogens with zero attached hydrogens (tertiary/aromatic N) is 3. The predicted molar refractivity (Wildman–Crippen MR) is 144 cm³/mol. The van der Waals surface area contributed by atoms with Crippen LogP contribution in [0, 0.1) is 6.92 Å². The number of hydrogen-bond acceptors (Lipinski definition) is 6. The average Bonchev–Trinajstić information content (AvgIpc) is 3.71. The molecule has 1 saturated carbocycles. The van der Waals surface area contributed by atoms with E-state index in [1.165, 1.54) is 0 Å². The standard InChI is InChI=1S/C28H34ClN5O2/c1-16-9-11-34(12-10-30-16)27-21-13-17(2)32-25(19-5-6-19)26(21)31-15-22(27)28(35)33-18(3)20-7-8-24(36-4)23(29)14-20/h7-8,13-16,18-19,30H,5-6,9-12H2,1-4H3,(H,33,35)/t16-,18-/m0/s1. The molecule has 8 heteroatoms. The number of aromatic nitrogens is 2. The fourth-order valence-electron chi connectivity index (χ4n) is 5.03. The summed E-state index contributed by atoms with van der Waals surface area (Å²) in [7, 11) is 1.59. The number of carbonyl (C=O) groups is 1. The van der Waals surface area contributed by atoms with Crippen molar-refractivity contribution in [3.63, 3.8) is 0 Å². The first-order valence-corrected chi connectivity index (χ1v) is 13.2. The zero-order chi connectivity index (χ0) is 25.4. The van der Waals surface area contributed by atoms with Crippen molar-refractivity contribution in [2.75, 3.05) is 31.6 Å². The lowest BCUT2D eigenvalue weighted by Gasteiger charge is -2.27.